The van der Waals surface area contributed by atoms with Gasteiger partial charge in [0.2, 0.25) is 5.88 Å². The second-order valence-corrected chi connectivity index (χ2v) is 4.33. The first-order chi connectivity index (χ1) is 9.24. The summed E-state index contributed by atoms with van der Waals surface area (Å²) in [6, 6.07) is 13.9. The molecule has 1 aromatic carbocycles. The molecule has 96 valence electrons. The van der Waals surface area contributed by atoms with E-state index >= 15 is 0 Å². The van der Waals surface area contributed by atoms with Crippen molar-refractivity contribution >= 4 is 0 Å². The largest absolute Gasteiger partial charge is 0.472 e. The van der Waals surface area contributed by atoms with Crippen LogP contribution in [0.2, 0.25) is 0 Å². The number of rotatable bonds is 4. The van der Waals surface area contributed by atoms with Crippen molar-refractivity contribution in [3.8, 4) is 11.9 Å². The number of hydrogen-bond acceptors (Lipinski definition) is 3. The molecule has 0 radical (unpaired) electrons. The Kier molecular flexibility index (Phi) is 4.15. The summed E-state index contributed by atoms with van der Waals surface area (Å²) in [7, 11) is 0. The molecule has 0 saturated carbocycles. The van der Waals surface area contributed by atoms with Gasteiger partial charge in [-0.3, -0.25) is 0 Å². The van der Waals surface area contributed by atoms with Crippen LogP contribution in [-0.4, -0.2) is 4.98 Å². The van der Waals surface area contributed by atoms with Gasteiger partial charge in [-0.2, -0.15) is 5.26 Å². The van der Waals surface area contributed by atoms with E-state index in [9.17, 15) is 0 Å². The van der Waals surface area contributed by atoms with Gasteiger partial charge in [0.15, 0.2) is 0 Å². The van der Waals surface area contributed by atoms with E-state index in [0.29, 0.717) is 18.1 Å². The van der Waals surface area contributed by atoms with Crippen molar-refractivity contribution in [3.63, 3.8) is 0 Å². The lowest BCUT2D eigenvalue weighted by Crippen LogP contribution is -2.02. The maximum absolute atomic E-state index is 9.16. The second kappa shape index (κ2) is 6.01. The number of nitrogens with zero attached hydrogens (tertiary/aromatic N) is 2. The lowest BCUT2D eigenvalue weighted by atomic mass is 10.1. The highest BCUT2D eigenvalue weighted by Gasteiger charge is 2.09. The fourth-order valence-corrected chi connectivity index (χ4v) is 1.90. The zero-order valence-electron chi connectivity index (χ0n) is 11.2. The van der Waals surface area contributed by atoms with E-state index in [0.717, 1.165) is 23.2 Å². The molecular formula is C16H16N2O. The molecule has 0 bridgehead atoms. The Hall–Kier alpha value is -2.34. The lowest BCUT2D eigenvalue weighted by molar-refractivity contribution is 0.292. The molecular weight excluding hydrogens is 236 g/mol. The Morgan fingerprint density at radius 3 is 2.63 bits per heavy atom. The molecule has 1 heterocycles. The van der Waals surface area contributed by atoms with Crippen molar-refractivity contribution in [1.29, 1.82) is 5.26 Å². The minimum atomic E-state index is 0.418. The normalized spacial score (nSPS) is 9.95. The summed E-state index contributed by atoms with van der Waals surface area (Å²) in [6.45, 7) is 4.42. The number of aromatic nitrogens is 1. The molecule has 0 N–H and O–H groups in total. The molecule has 3 heteroatoms. The molecule has 0 aliphatic rings. The molecule has 0 unspecified atom stereocenters. The Bertz CT molecular complexity index is 600. The van der Waals surface area contributed by atoms with Crippen LogP contribution in [0, 0.1) is 18.3 Å². The molecule has 3 nitrogen and oxygen atoms in total. The van der Waals surface area contributed by atoms with Crippen LogP contribution in [0.5, 0.6) is 5.88 Å². The lowest BCUT2D eigenvalue weighted by Gasteiger charge is -2.10. The van der Waals surface area contributed by atoms with Crippen molar-refractivity contribution < 1.29 is 4.74 Å². The Labute approximate surface area is 113 Å². The van der Waals surface area contributed by atoms with E-state index < -0.39 is 0 Å². The van der Waals surface area contributed by atoms with Gasteiger partial charge in [0.05, 0.1) is 0 Å². The van der Waals surface area contributed by atoms with Crippen molar-refractivity contribution in [3.05, 3.63) is 58.8 Å². The highest BCUT2D eigenvalue weighted by molar-refractivity contribution is 5.42. The highest BCUT2D eigenvalue weighted by atomic mass is 16.5. The number of benzene rings is 1. The fourth-order valence-electron chi connectivity index (χ4n) is 1.90. The maximum Gasteiger partial charge on any atom is 0.232 e. The number of aryl methyl sites for hydroxylation is 2. The van der Waals surface area contributed by atoms with Crippen LogP contribution in [0.3, 0.4) is 0 Å². The fraction of sp³-hybridized carbons (Fsp3) is 0.250. The highest BCUT2D eigenvalue weighted by Crippen LogP contribution is 2.20. The van der Waals surface area contributed by atoms with Crippen LogP contribution in [0.15, 0.2) is 36.4 Å². The molecule has 0 spiro atoms. The van der Waals surface area contributed by atoms with Gasteiger partial charge < -0.3 is 4.74 Å². The topological polar surface area (TPSA) is 45.9 Å². The minimum absolute atomic E-state index is 0.418. The van der Waals surface area contributed by atoms with E-state index in [-0.39, 0.29) is 0 Å². The molecule has 2 rings (SSSR count). The average Bonchev–Trinajstić information content (AvgIpc) is 2.46. The van der Waals surface area contributed by atoms with Crippen LogP contribution in [0.25, 0.3) is 0 Å². The van der Waals surface area contributed by atoms with E-state index in [1.165, 1.54) is 0 Å². The van der Waals surface area contributed by atoms with E-state index in [1.54, 1.807) is 0 Å². The van der Waals surface area contributed by atoms with Crippen LogP contribution >= 0.6 is 0 Å². The molecule has 0 atom stereocenters. The van der Waals surface area contributed by atoms with E-state index in [2.05, 4.69) is 18.0 Å². The van der Waals surface area contributed by atoms with E-state index in [1.807, 2.05) is 43.3 Å². The van der Waals surface area contributed by atoms with Crippen molar-refractivity contribution in [1.82, 2.24) is 4.98 Å². The standard InChI is InChI=1S/C16H16N2O/c1-3-14-9-15(10-17)16(18-12(14)2)19-11-13-7-5-4-6-8-13/h4-9H,3,11H2,1-2H3. The molecule has 0 fully saturated rings. The summed E-state index contributed by atoms with van der Waals surface area (Å²) in [5, 5.41) is 9.16. The Morgan fingerprint density at radius 1 is 1.26 bits per heavy atom. The van der Waals surface area contributed by atoms with Gasteiger partial charge in [-0.05, 0) is 30.5 Å². The van der Waals surface area contributed by atoms with Gasteiger partial charge in [-0.1, -0.05) is 37.3 Å². The smallest absolute Gasteiger partial charge is 0.232 e. The van der Waals surface area contributed by atoms with Gasteiger partial charge in [0, 0.05) is 5.69 Å². The Balaban J connectivity index is 2.21. The van der Waals surface area contributed by atoms with Crippen LogP contribution in [-0.2, 0) is 13.0 Å². The summed E-state index contributed by atoms with van der Waals surface area (Å²) in [5.74, 6) is 0.418. The third-order valence-corrected chi connectivity index (χ3v) is 3.00. The summed E-state index contributed by atoms with van der Waals surface area (Å²) in [5.41, 5.74) is 3.57. The molecule has 2 aromatic rings. The first-order valence-electron chi connectivity index (χ1n) is 6.32. The van der Waals surface area contributed by atoms with Gasteiger partial charge in [0.25, 0.3) is 0 Å². The van der Waals surface area contributed by atoms with Gasteiger partial charge >= 0.3 is 0 Å². The van der Waals surface area contributed by atoms with Crippen LogP contribution in [0.1, 0.15) is 29.3 Å². The zero-order chi connectivity index (χ0) is 13.7. The van der Waals surface area contributed by atoms with Crippen molar-refractivity contribution in [2.45, 2.75) is 26.9 Å². The van der Waals surface area contributed by atoms with Crippen LogP contribution in [0.4, 0.5) is 0 Å². The molecule has 0 aliphatic heterocycles. The minimum Gasteiger partial charge on any atom is -0.472 e. The maximum atomic E-state index is 9.16. The quantitative estimate of drug-likeness (QED) is 0.837. The third-order valence-electron chi connectivity index (χ3n) is 3.00. The first-order valence-corrected chi connectivity index (χ1v) is 6.32. The predicted molar refractivity (Wildman–Crippen MR) is 73.8 cm³/mol. The molecule has 0 amide bonds. The SMILES string of the molecule is CCc1cc(C#N)c(OCc2ccccc2)nc1C. The predicted octanol–water partition coefficient (Wildman–Crippen LogP) is 3.40. The van der Waals surface area contributed by atoms with Gasteiger partial charge in [-0.15, -0.1) is 0 Å². The zero-order valence-corrected chi connectivity index (χ0v) is 11.2. The summed E-state index contributed by atoms with van der Waals surface area (Å²) in [6.07, 6.45) is 0.868. The summed E-state index contributed by atoms with van der Waals surface area (Å²) < 4.78 is 5.66. The summed E-state index contributed by atoms with van der Waals surface area (Å²) >= 11 is 0. The monoisotopic (exact) mass is 252 g/mol. The van der Waals surface area contributed by atoms with Crippen molar-refractivity contribution in [2.75, 3.05) is 0 Å². The molecule has 19 heavy (non-hydrogen) atoms. The van der Waals surface area contributed by atoms with Crippen LogP contribution < -0.4 is 4.74 Å². The second-order valence-electron chi connectivity index (χ2n) is 4.33. The van der Waals surface area contributed by atoms with Gasteiger partial charge in [-0.25, -0.2) is 4.98 Å². The molecule has 0 saturated heterocycles. The molecule has 1 aromatic heterocycles. The Morgan fingerprint density at radius 2 is 2.00 bits per heavy atom. The number of hydrogen-bond donors (Lipinski definition) is 0. The van der Waals surface area contributed by atoms with Crippen molar-refractivity contribution in [2.24, 2.45) is 0 Å². The number of ether oxygens (including phenoxy) is 1. The average molecular weight is 252 g/mol. The molecule has 0 aliphatic carbocycles. The summed E-state index contributed by atoms with van der Waals surface area (Å²) in [4.78, 5) is 4.39. The third kappa shape index (κ3) is 3.11. The van der Waals surface area contributed by atoms with Gasteiger partial charge in [0.1, 0.15) is 18.2 Å². The number of nitriles is 1. The number of pyridine rings is 1. The first kappa shape index (κ1) is 13.1. The van der Waals surface area contributed by atoms with E-state index in [4.69, 9.17) is 10.00 Å².